The Bertz CT molecular complexity index is 862. The Kier molecular flexibility index (Phi) is 5.52. The van der Waals surface area contributed by atoms with Crippen molar-refractivity contribution in [3.05, 3.63) is 65.2 Å². The maximum atomic E-state index is 12.5. The van der Waals surface area contributed by atoms with Crippen LogP contribution in [-0.4, -0.2) is 42.9 Å². The van der Waals surface area contributed by atoms with E-state index in [0.29, 0.717) is 17.7 Å². The molecule has 3 rings (SSSR count). The first-order chi connectivity index (χ1) is 12.9. The van der Waals surface area contributed by atoms with E-state index in [9.17, 15) is 14.4 Å². The summed E-state index contributed by atoms with van der Waals surface area (Å²) in [5, 5.41) is 7.65. The Hall–Kier alpha value is -3.19. The van der Waals surface area contributed by atoms with E-state index in [1.807, 2.05) is 49.3 Å². The van der Waals surface area contributed by atoms with Gasteiger partial charge in [0.2, 0.25) is 0 Å². The maximum absolute atomic E-state index is 12.5. The normalized spacial score (nSPS) is 16.2. The van der Waals surface area contributed by atoms with Crippen molar-refractivity contribution in [3.63, 3.8) is 0 Å². The first-order valence-corrected chi connectivity index (χ1v) is 8.66. The summed E-state index contributed by atoms with van der Waals surface area (Å²) in [6.07, 6.45) is 0.401. The van der Waals surface area contributed by atoms with E-state index in [4.69, 9.17) is 0 Å². The second-order valence-corrected chi connectivity index (χ2v) is 6.81. The topological polar surface area (TPSA) is 90.5 Å². The summed E-state index contributed by atoms with van der Waals surface area (Å²) in [4.78, 5) is 37.3. The highest BCUT2D eigenvalue weighted by atomic mass is 16.2. The number of hydrogen-bond acceptors (Lipinski definition) is 4. The lowest BCUT2D eigenvalue weighted by molar-refractivity contribution is -0.120. The minimum absolute atomic E-state index is 0.175. The van der Waals surface area contributed by atoms with E-state index < -0.39 is 12.1 Å². The summed E-state index contributed by atoms with van der Waals surface area (Å²) in [6, 6.07) is 13.7. The average molecular weight is 366 g/mol. The van der Waals surface area contributed by atoms with Gasteiger partial charge in [-0.1, -0.05) is 24.3 Å². The second kappa shape index (κ2) is 8.01. The number of carbonyl (C=O) groups is 3. The van der Waals surface area contributed by atoms with E-state index in [1.54, 1.807) is 18.2 Å². The number of nitrogens with one attached hydrogen (secondary N) is 3. The molecule has 0 radical (unpaired) electrons. The molecule has 27 heavy (non-hydrogen) atoms. The number of imide groups is 1. The van der Waals surface area contributed by atoms with E-state index in [2.05, 4.69) is 16.0 Å². The first kappa shape index (κ1) is 18.6. The molecule has 0 aliphatic carbocycles. The van der Waals surface area contributed by atoms with E-state index >= 15 is 0 Å². The van der Waals surface area contributed by atoms with E-state index in [1.165, 1.54) is 0 Å². The van der Waals surface area contributed by atoms with Crippen LogP contribution in [0.4, 0.5) is 10.5 Å². The molecule has 1 aliphatic rings. The first-order valence-electron chi connectivity index (χ1n) is 8.66. The summed E-state index contributed by atoms with van der Waals surface area (Å²) >= 11 is 0. The van der Waals surface area contributed by atoms with Gasteiger partial charge in [0.05, 0.1) is 0 Å². The largest absolute Gasteiger partial charge is 0.326 e. The Morgan fingerprint density at radius 3 is 2.44 bits per heavy atom. The van der Waals surface area contributed by atoms with Crippen LogP contribution in [0.1, 0.15) is 21.5 Å². The van der Waals surface area contributed by atoms with Gasteiger partial charge in [0.15, 0.2) is 0 Å². The smallest absolute Gasteiger partial charge is 0.322 e. The fourth-order valence-electron chi connectivity index (χ4n) is 2.94. The number of urea groups is 1. The van der Waals surface area contributed by atoms with Gasteiger partial charge in [-0.3, -0.25) is 14.9 Å². The van der Waals surface area contributed by atoms with Gasteiger partial charge in [-0.15, -0.1) is 0 Å². The van der Waals surface area contributed by atoms with Gasteiger partial charge in [0.25, 0.3) is 11.8 Å². The van der Waals surface area contributed by atoms with Crippen LogP contribution in [-0.2, 0) is 17.8 Å². The van der Waals surface area contributed by atoms with Crippen molar-refractivity contribution in [2.24, 2.45) is 0 Å². The molecule has 0 bridgehead atoms. The Labute approximate surface area is 157 Å². The highest BCUT2D eigenvalue weighted by Gasteiger charge is 2.29. The lowest BCUT2D eigenvalue weighted by Crippen LogP contribution is -2.31. The number of nitrogens with zero attached hydrogens (tertiary/aromatic N) is 1. The van der Waals surface area contributed by atoms with E-state index in [-0.39, 0.29) is 11.8 Å². The predicted octanol–water partition coefficient (Wildman–Crippen LogP) is 1.75. The maximum Gasteiger partial charge on any atom is 0.322 e. The molecule has 3 N–H and O–H groups in total. The standard InChI is InChI=1S/C20H22N4O3/c1-24(2)12-14-4-3-5-15(10-14)18(25)21-16-8-6-13(7-9-16)11-17-19(26)23-20(27)22-17/h3-10,17H,11-12H2,1-2H3,(H,21,25)(H2,22,23,26,27)/t17-/m0/s1. The molecule has 0 saturated carbocycles. The fraction of sp³-hybridized carbons (Fsp3) is 0.250. The third kappa shape index (κ3) is 4.92. The fourth-order valence-corrected chi connectivity index (χ4v) is 2.94. The molecule has 0 aromatic heterocycles. The molecule has 0 spiro atoms. The Morgan fingerprint density at radius 2 is 1.81 bits per heavy atom. The molecule has 1 heterocycles. The summed E-state index contributed by atoms with van der Waals surface area (Å²) in [7, 11) is 3.96. The second-order valence-electron chi connectivity index (χ2n) is 6.81. The van der Waals surface area contributed by atoms with Gasteiger partial charge in [-0.2, -0.15) is 0 Å². The minimum atomic E-state index is -0.558. The molecular weight excluding hydrogens is 344 g/mol. The van der Waals surface area contributed by atoms with Crippen LogP contribution >= 0.6 is 0 Å². The molecule has 2 aromatic carbocycles. The Balaban J connectivity index is 1.62. The van der Waals surface area contributed by atoms with Crippen molar-refractivity contribution in [1.82, 2.24) is 15.5 Å². The van der Waals surface area contributed by atoms with Crippen LogP contribution in [0, 0.1) is 0 Å². The summed E-state index contributed by atoms with van der Waals surface area (Å²) < 4.78 is 0. The monoisotopic (exact) mass is 366 g/mol. The van der Waals surface area contributed by atoms with Gasteiger partial charge >= 0.3 is 6.03 Å². The number of benzene rings is 2. The lowest BCUT2D eigenvalue weighted by Gasteiger charge is -2.11. The number of anilines is 1. The third-order valence-electron chi connectivity index (χ3n) is 4.20. The van der Waals surface area contributed by atoms with Crippen LogP contribution in [0.3, 0.4) is 0 Å². The number of amides is 4. The molecule has 1 saturated heterocycles. The zero-order valence-corrected chi connectivity index (χ0v) is 15.3. The van der Waals surface area contributed by atoms with Crippen molar-refractivity contribution in [3.8, 4) is 0 Å². The minimum Gasteiger partial charge on any atom is -0.326 e. The summed E-state index contributed by atoms with van der Waals surface area (Å²) in [6.45, 7) is 0.765. The van der Waals surface area contributed by atoms with Crippen molar-refractivity contribution in [1.29, 1.82) is 0 Å². The Morgan fingerprint density at radius 1 is 1.07 bits per heavy atom. The highest BCUT2D eigenvalue weighted by molar-refractivity contribution is 6.05. The molecule has 1 atom stereocenters. The van der Waals surface area contributed by atoms with Gasteiger partial charge < -0.3 is 15.5 Å². The lowest BCUT2D eigenvalue weighted by atomic mass is 10.1. The summed E-state index contributed by atoms with van der Waals surface area (Å²) in [5.74, 6) is -0.499. The van der Waals surface area contributed by atoms with Crippen LogP contribution in [0.5, 0.6) is 0 Å². The molecular formula is C20H22N4O3. The van der Waals surface area contributed by atoms with Crippen molar-refractivity contribution in [2.45, 2.75) is 19.0 Å². The van der Waals surface area contributed by atoms with Gasteiger partial charge in [0, 0.05) is 24.2 Å². The van der Waals surface area contributed by atoms with Crippen LogP contribution in [0.15, 0.2) is 48.5 Å². The van der Waals surface area contributed by atoms with Crippen molar-refractivity contribution < 1.29 is 14.4 Å². The molecule has 140 valence electrons. The van der Waals surface area contributed by atoms with Crippen molar-refractivity contribution >= 4 is 23.5 Å². The molecule has 0 unspecified atom stereocenters. The van der Waals surface area contributed by atoms with Gasteiger partial charge in [-0.25, -0.2) is 4.79 Å². The molecule has 1 fully saturated rings. The average Bonchev–Trinajstić information content (AvgIpc) is 2.93. The third-order valence-corrected chi connectivity index (χ3v) is 4.20. The van der Waals surface area contributed by atoms with Gasteiger partial charge in [0.1, 0.15) is 6.04 Å². The van der Waals surface area contributed by atoms with Crippen LogP contribution < -0.4 is 16.0 Å². The zero-order valence-electron chi connectivity index (χ0n) is 15.3. The van der Waals surface area contributed by atoms with Crippen molar-refractivity contribution in [2.75, 3.05) is 19.4 Å². The number of rotatable bonds is 6. The molecule has 2 aromatic rings. The van der Waals surface area contributed by atoms with E-state index in [0.717, 1.165) is 17.7 Å². The van der Waals surface area contributed by atoms with Gasteiger partial charge in [-0.05, 0) is 49.5 Å². The molecule has 4 amide bonds. The highest BCUT2D eigenvalue weighted by Crippen LogP contribution is 2.15. The van der Waals surface area contributed by atoms with Crippen LogP contribution in [0.2, 0.25) is 0 Å². The zero-order chi connectivity index (χ0) is 19.4. The summed E-state index contributed by atoms with van der Waals surface area (Å²) in [5.41, 5.74) is 3.23. The molecule has 1 aliphatic heterocycles. The SMILES string of the molecule is CN(C)Cc1cccc(C(=O)Nc2ccc(C[C@@H]3NC(=O)NC3=O)cc2)c1. The molecule has 7 nitrogen and oxygen atoms in total. The number of carbonyl (C=O) groups excluding carboxylic acids is 3. The predicted molar refractivity (Wildman–Crippen MR) is 102 cm³/mol. The molecule has 7 heteroatoms. The van der Waals surface area contributed by atoms with Crippen LogP contribution in [0.25, 0.3) is 0 Å². The quantitative estimate of drug-likeness (QED) is 0.680. The number of hydrogen-bond donors (Lipinski definition) is 3.